The van der Waals surface area contributed by atoms with Crippen molar-refractivity contribution in [2.45, 2.75) is 0 Å². The summed E-state index contributed by atoms with van der Waals surface area (Å²) >= 11 is 0. The molecule has 0 aromatic heterocycles. The highest BCUT2D eigenvalue weighted by Crippen LogP contribution is 2.60. The van der Waals surface area contributed by atoms with Gasteiger partial charge in [-0.15, -0.1) is 0 Å². The summed E-state index contributed by atoms with van der Waals surface area (Å²) in [6, 6.07) is 49.9. The molecule has 0 spiro atoms. The second-order valence-corrected chi connectivity index (χ2v) is 8.94. The van der Waals surface area contributed by atoms with Crippen molar-refractivity contribution in [2.24, 2.45) is 0 Å². The Morgan fingerprint density at radius 1 is 0.343 bits per heavy atom. The third-order valence-electron chi connectivity index (χ3n) is 6.97. The number of benzene rings is 6. The van der Waals surface area contributed by atoms with Crippen molar-refractivity contribution in [2.75, 3.05) is 4.90 Å². The summed E-state index contributed by atoms with van der Waals surface area (Å²) in [5, 5.41) is 2.53. The van der Waals surface area contributed by atoms with Crippen LogP contribution in [0.25, 0.3) is 44.2 Å². The van der Waals surface area contributed by atoms with Crippen molar-refractivity contribution in [3.63, 3.8) is 0 Å². The van der Waals surface area contributed by atoms with E-state index in [2.05, 4.69) is 144 Å². The molecule has 0 bridgehead atoms. The van der Waals surface area contributed by atoms with E-state index >= 15 is 0 Å². The van der Waals surface area contributed by atoms with Crippen molar-refractivity contribution in [3.8, 4) is 33.4 Å². The largest absolute Gasteiger partial charge is 0.309 e. The predicted molar refractivity (Wildman–Crippen MR) is 148 cm³/mol. The van der Waals surface area contributed by atoms with E-state index in [9.17, 15) is 0 Å². The van der Waals surface area contributed by atoms with Gasteiger partial charge in [0.05, 0.1) is 5.69 Å². The molecule has 0 aliphatic heterocycles. The van der Waals surface area contributed by atoms with Gasteiger partial charge in [-0.3, -0.25) is 0 Å². The minimum absolute atomic E-state index is 1.16. The molecule has 0 heterocycles. The normalized spacial score (nSPS) is 11.4. The number of rotatable bonds is 4. The molecule has 1 heteroatoms. The summed E-state index contributed by atoms with van der Waals surface area (Å²) < 4.78 is 0. The maximum absolute atomic E-state index is 2.42. The van der Waals surface area contributed by atoms with Gasteiger partial charge >= 0.3 is 0 Å². The lowest BCUT2D eigenvalue weighted by Gasteiger charge is -2.36. The molecule has 1 aliphatic carbocycles. The van der Waals surface area contributed by atoms with Crippen LogP contribution in [0.2, 0.25) is 0 Å². The van der Waals surface area contributed by atoms with E-state index in [0.29, 0.717) is 0 Å². The first kappa shape index (κ1) is 19.8. The van der Waals surface area contributed by atoms with Crippen LogP contribution in [0.3, 0.4) is 0 Å². The summed E-state index contributed by atoms with van der Waals surface area (Å²) in [4.78, 5) is 2.42. The van der Waals surface area contributed by atoms with Crippen molar-refractivity contribution in [1.29, 1.82) is 0 Å². The molecular weight excluding hydrogens is 422 g/mol. The molecule has 0 amide bonds. The first-order chi connectivity index (χ1) is 17.4. The summed E-state index contributed by atoms with van der Waals surface area (Å²) in [6.45, 7) is 0. The van der Waals surface area contributed by atoms with E-state index in [0.717, 1.165) is 11.4 Å². The summed E-state index contributed by atoms with van der Waals surface area (Å²) in [6.07, 6.45) is 0. The van der Waals surface area contributed by atoms with Crippen LogP contribution >= 0.6 is 0 Å². The van der Waals surface area contributed by atoms with E-state index in [1.54, 1.807) is 0 Å². The zero-order valence-electron chi connectivity index (χ0n) is 19.2. The lowest BCUT2D eigenvalue weighted by atomic mass is 9.73. The molecule has 6 aromatic carbocycles. The molecule has 6 aromatic rings. The molecule has 7 rings (SSSR count). The second-order valence-electron chi connectivity index (χ2n) is 8.94. The van der Waals surface area contributed by atoms with Crippen molar-refractivity contribution >= 4 is 27.8 Å². The molecule has 1 nitrogen and oxygen atoms in total. The lowest BCUT2D eigenvalue weighted by molar-refractivity contribution is 1.29. The van der Waals surface area contributed by atoms with Crippen LogP contribution in [0.5, 0.6) is 0 Å². The lowest BCUT2D eigenvalue weighted by Crippen LogP contribution is -2.15. The van der Waals surface area contributed by atoms with Gasteiger partial charge in [-0.05, 0) is 51.9 Å². The number of hydrogen-bond donors (Lipinski definition) is 0. The quantitative estimate of drug-likeness (QED) is 0.261. The molecule has 0 fully saturated rings. The molecule has 1 aliphatic rings. The molecule has 0 atom stereocenters. The van der Waals surface area contributed by atoms with Crippen LogP contribution in [0.15, 0.2) is 140 Å². The Labute approximate surface area is 205 Å². The fourth-order valence-electron chi connectivity index (χ4n) is 5.51. The number of fused-ring (bicyclic) bond motifs is 5. The number of anilines is 3. The molecule has 0 N–H and O–H groups in total. The van der Waals surface area contributed by atoms with Gasteiger partial charge < -0.3 is 4.90 Å². The summed E-state index contributed by atoms with van der Waals surface area (Å²) in [5.41, 5.74) is 11.4. The number of nitrogens with zero attached hydrogens (tertiary/aromatic N) is 1. The Bertz CT molecular complexity index is 1630. The summed E-state index contributed by atoms with van der Waals surface area (Å²) in [7, 11) is 0. The predicted octanol–water partition coefficient (Wildman–Crippen LogP) is 9.62. The van der Waals surface area contributed by atoms with Gasteiger partial charge in [0, 0.05) is 27.9 Å². The van der Waals surface area contributed by atoms with Gasteiger partial charge in [-0.1, -0.05) is 115 Å². The highest BCUT2D eigenvalue weighted by molar-refractivity contribution is 6.25. The highest BCUT2D eigenvalue weighted by atomic mass is 15.1. The van der Waals surface area contributed by atoms with Crippen molar-refractivity contribution in [1.82, 2.24) is 0 Å². The molecular formula is C34H23N. The topological polar surface area (TPSA) is 3.24 Å². The number of hydrogen-bond acceptors (Lipinski definition) is 1. The van der Waals surface area contributed by atoms with Crippen LogP contribution < -0.4 is 4.90 Å². The Balaban J connectivity index is 1.64. The van der Waals surface area contributed by atoms with Gasteiger partial charge in [-0.2, -0.15) is 0 Å². The third-order valence-corrected chi connectivity index (χ3v) is 6.97. The van der Waals surface area contributed by atoms with E-state index in [4.69, 9.17) is 0 Å². The van der Waals surface area contributed by atoms with Gasteiger partial charge in [0.15, 0.2) is 0 Å². The van der Waals surface area contributed by atoms with E-state index < -0.39 is 0 Å². The fraction of sp³-hybridized carbons (Fsp3) is 0. The summed E-state index contributed by atoms with van der Waals surface area (Å²) in [5.74, 6) is 0. The Kier molecular flexibility index (Phi) is 4.53. The van der Waals surface area contributed by atoms with E-state index in [1.807, 2.05) is 0 Å². The van der Waals surface area contributed by atoms with Gasteiger partial charge in [0.25, 0.3) is 0 Å². The Hall–Kier alpha value is -4.62. The minimum Gasteiger partial charge on any atom is -0.309 e. The van der Waals surface area contributed by atoms with Crippen molar-refractivity contribution < 1.29 is 0 Å². The van der Waals surface area contributed by atoms with E-state index in [-0.39, 0.29) is 0 Å². The average Bonchev–Trinajstić information content (AvgIpc) is 2.93. The smallest absolute Gasteiger partial charge is 0.0625 e. The molecule has 0 unspecified atom stereocenters. The maximum atomic E-state index is 2.42. The van der Waals surface area contributed by atoms with Crippen LogP contribution in [0, 0.1) is 0 Å². The zero-order valence-corrected chi connectivity index (χ0v) is 19.2. The second kappa shape index (κ2) is 8.00. The maximum Gasteiger partial charge on any atom is 0.0625 e. The number of para-hydroxylation sites is 2. The standard InChI is InChI=1S/C34H23N/c1-4-14-24(15-5-1)31-29-22-12-13-23-30(29)34(33-28-21-11-10-20-27(28)32(31)33)35(25-16-6-2-7-17-25)26-18-8-3-9-19-26/h1-23H. The molecule has 0 saturated heterocycles. The zero-order chi connectivity index (χ0) is 23.2. The van der Waals surface area contributed by atoms with Gasteiger partial charge in [0.1, 0.15) is 0 Å². The molecule has 164 valence electrons. The molecule has 0 radical (unpaired) electrons. The first-order valence-corrected chi connectivity index (χ1v) is 12.1. The SMILES string of the molecule is c1ccc(-c2c3c(c(N(c4ccccc4)c4ccccc4)c4ccccc24)-c2ccccc2-3)cc1. The van der Waals surface area contributed by atoms with Crippen molar-refractivity contribution in [3.05, 3.63) is 140 Å². The first-order valence-electron chi connectivity index (χ1n) is 12.1. The molecule has 0 saturated carbocycles. The monoisotopic (exact) mass is 445 g/mol. The van der Waals surface area contributed by atoms with Crippen LogP contribution in [0.4, 0.5) is 17.1 Å². The minimum atomic E-state index is 1.16. The van der Waals surface area contributed by atoms with E-state index in [1.165, 1.54) is 49.8 Å². The van der Waals surface area contributed by atoms with Crippen LogP contribution in [0.1, 0.15) is 0 Å². The van der Waals surface area contributed by atoms with Gasteiger partial charge in [-0.25, -0.2) is 0 Å². The Morgan fingerprint density at radius 2 is 0.800 bits per heavy atom. The molecule has 35 heavy (non-hydrogen) atoms. The fourth-order valence-corrected chi connectivity index (χ4v) is 5.51. The van der Waals surface area contributed by atoms with Gasteiger partial charge in [0.2, 0.25) is 0 Å². The Morgan fingerprint density at radius 3 is 1.40 bits per heavy atom. The average molecular weight is 446 g/mol. The van der Waals surface area contributed by atoms with Crippen LogP contribution in [-0.2, 0) is 0 Å². The third kappa shape index (κ3) is 3.02. The highest BCUT2D eigenvalue weighted by Gasteiger charge is 2.34. The van der Waals surface area contributed by atoms with Crippen LogP contribution in [-0.4, -0.2) is 0 Å².